The van der Waals surface area contributed by atoms with Crippen molar-refractivity contribution < 1.29 is 22.7 Å². The molecule has 1 aromatic carbocycles. The van der Waals surface area contributed by atoms with Crippen LogP contribution < -0.4 is 14.4 Å². The van der Waals surface area contributed by atoms with Gasteiger partial charge in [-0.2, -0.15) is 4.99 Å². The first-order valence-corrected chi connectivity index (χ1v) is 12.3. The number of amidine groups is 1. The van der Waals surface area contributed by atoms with Crippen LogP contribution in [0.3, 0.4) is 0 Å². The lowest BCUT2D eigenvalue weighted by Crippen LogP contribution is -2.38. The number of aliphatic imine (C=N–C) groups is 1. The SMILES string of the molecule is CCC(CC)C(=O)N=C1S[C@@H]2CS(=O)(=O)C[C@@H]2N1c1ccc2c(c1)OCCO2. The summed E-state index contributed by atoms with van der Waals surface area (Å²) in [5.74, 6) is 1.23. The predicted molar refractivity (Wildman–Crippen MR) is 110 cm³/mol. The van der Waals surface area contributed by atoms with E-state index < -0.39 is 9.84 Å². The van der Waals surface area contributed by atoms with E-state index in [4.69, 9.17) is 9.47 Å². The van der Waals surface area contributed by atoms with Crippen LogP contribution in [0.5, 0.6) is 11.5 Å². The fourth-order valence-electron chi connectivity index (χ4n) is 3.87. The summed E-state index contributed by atoms with van der Waals surface area (Å²) in [6.07, 6.45) is 1.48. The molecule has 3 aliphatic rings. The highest BCUT2D eigenvalue weighted by Gasteiger charge is 2.49. The first kappa shape index (κ1) is 19.6. The van der Waals surface area contributed by atoms with E-state index >= 15 is 0 Å². The summed E-state index contributed by atoms with van der Waals surface area (Å²) in [7, 11) is -3.10. The Kier molecular flexibility index (Phi) is 5.30. The van der Waals surface area contributed by atoms with Gasteiger partial charge >= 0.3 is 0 Å². The normalized spacial score (nSPS) is 26.7. The summed E-state index contributed by atoms with van der Waals surface area (Å²) in [4.78, 5) is 18.9. The van der Waals surface area contributed by atoms with Crippen LogP contribution in [0.25, 0.3) is 0 Å². The number of benzene rings is 1. The van der Waals surface area contributed by atoms with Crippen molar-refractivity contribution in [1.82, 2.24) is 0 Å². The number of fused-ring (bicyclic) bond motifs is 2. The molecule has 0 saturated carbocycles. The maximum absolute atomic E-state index is 12.6. The summed E-state index contributed by atoms with van der Waals surface area (Å²) < 4.78 is 35.6. The Bertz CT molecular complexity index is 911. The zero-order valence-electron chi connectivity index (χ0n) is 16.0. The number of sulfone groups is 1. The maximum atomic E-state index is 12.6. The van der Waals surface area contributed by atoms with E-state index in [0.29, 0.717) is 29.9 Å². The molecule has 152 valence electrons. The van der Waals surface area contributed by atoms with E-state index in [0.717, 1.165) is 18.5 Å². The van der Waals surface area contributed by atoms with Crippen molar-refractivity contribution >= 4 is 38.4 Å². The number of anilines is 1. The molecule has 0 bridgehead atoms. The molecule has 2 atom stereocenters. The quantitative estimate of drug-likeness (QED) is 0.734. The van der Waals surface area contributed by atoms with Gasteiger partial charge in [0.2, 0.25) is 0 Å². The minimum atomic E-state index is -3.10. The van der Waals surface area contributed by atoms with Crippen molar-refractivity contribution in [2.45, 2.75) is 38.0 Å². The zero-order chi connectivity index (χ0) is 19.9. The van der Waals surface area contributed by atoms with Crippen LogP contribution in [0.4, 0.5) is 5.69 Å². The van der Waals surface area contributed by atoms with E-state index in [9.17, 15) is 13.2 Å². The van der Waals surface area contributed by atoms with Gasteiger partial charge in [0.25, 0.3) is 5.91 Å². The second kappa shape index (κ2) is 7.59. The van der Waals surface area contributed by atoms with Crippen LogP contribution in [-0.4, -0.2) is 55.5 Å². The Morgan fingerprint density at radius 2 is 1.93 bits per heavy atom. The van der Waals surface area contributed by atoms with Gasteiger partial charge in [0.05, 0.1) is 17.5 Å². The third kappa shape index (κ3) is 3.61. The topological polar surface area (TPSA) is 85.3 Å². The monoisotopic (exact) mass is 424 g/mol. The molecular formula is C19H24N2O5S2. The second-order valence-corrected chi connectivity index (χ2v) is 10.6. The number of thioether (sulfide) groups is 1. The van der Waals surface area contributed by atoms with Crippen LogP contribution in [0, 0.1) is 5.92 Å². The summed E-state index contributed by atoms with van der Waals surface area (Å²) in [5.41, 5.74) is 0.775. The number of hydrogen-bond acceptors (Lipinski definition) is 6. The molecule has 0 N–H and O–H groups in total. The molecule has 3 aliphatic heterocycles. The molecule has 2 fully saturated rings. The van der Waals surface area contributed by atoms with Crippen molar-refractivity contribution in [2.75, 3.05) is 29.6 Å². The molecule has 28 heavy (non-hydrogen) atoms. The molecule has 9 heteroatoms. The highest BCUT2D eigenvalue weighted by Crippen LogP contribution is 2.43. The highest BCUT2D eigenvalue weighted by molar-refractivity contribution is 8.16. The third-order valence-corrected chi connectivity index (χ3v) is 8.62. The summed E-state index contributed by atoms with van der Waals surface area (Å²) in [5, 5.41) is 0.463. The Labute approximate surface area is 169 Å². The van der Waals surface area contributed by atoms with Gasteiger partial charge in [-0.25, -0.2) is 8.42 Å². The second-order valence-electron chi connectivity index (χ2n) is 7.24. The van der Waals surface area contributed by atoms with Crippen LogP contribution in [0.1, 0.15) is 26.7 Å². The molecule has 7 nitrogen and oxygen atoms in total. The lowest BCUT2D eigenvalue weighted by molar-refractivity contribution is -0.121. The Morgan fingerprint density at radius 1 is 1.21 bits per heavy atom. The lowest BCUT2D eigenvalue weighted by Gasteiger charge is -2.27. The number of amides is 1. The molecule has 0 radical (unpaired) electrons. The number of ether oxygens (including phenoxy) is 2. The lowest BCUT2D eigenvalue weighted by atomic mass is 10.0. The molecular weight excluding hydrogens is 400 g/mol. The van der Waals surface area contributed by atoms with Crippen LogP contribution in [0.2, 0.25) is 0 Å². The molecule has 0 unspecified atom stereocenters. The molecule has 4 rings (SSSR count). The standard InChI is InChI=1S/C19H24N2O5S2/c1-3-12(4-2)18(22)20-19-21(14-10-28(23,24)11-17(14)27-19)13-5-6-15-16(9-13)26-8-7-25-15/h5-6,9,12,14,17H,3-4,7-8,10-11H2,1-2H3/t14-,17+/m0/s1. The van der Waals surface area contributed by atoms with E-state index in [2.05, 4.69) is 4.99 Å². The van der Waals surface area contributed by atoms with Crippen LogP contribution in [-0.2, 0) is 14.6 Å². The summed E-state index contributed by atoms with van der Waals surface area (Å²) >= 11 is 1.39. The van der Waals surface area contributed by atoms with E-state index in [-0.39, 0.29) is 34.6 Å². The first-order valence-electron chi connectivity index (χ1n) is 9.60. The Hall–Kier alpha value is -1.74. The van der Waals surface area contributed by atoms with E-state index in [1.54, 1.807) is 0 Å². The average molecular weight is 425 g/mol. The Balaban J connectivity index is 1.72. The van der Waals surface area contributed by atoms with Crippen LogP contribution in [0.15, 0.2) is 23.2 Å². The molecule has 1 aromatic rings. The fourth-order valence-corrected chi connectivity index (χ4v) is 7.79. The molecule has 3 heterocycles. The molecule has 1 amide bonds. The van der Waals surface area contributed by atoms with Gasteiger partial charge in [0.1, 0.15) is 13.2 Å². The van der Waals surface area contributed by atoms with Crippen molar-refractivity contribution in [3.63, 3.8) is 0 Å². The van der Waals surface area contributed by atoms with Crippen LogP contribution >= 0.6 is 11.8 Å². The van der Waals surface area contributed by atoms with Gasteiger partial charge in [-0.05, 0) is 25.0 Å². The summed E-state index contributed by atoms with van der Waals surface area (Å²) in [6, 6.07) is 5.31. The number of carbonyl (C=O) groups is 1. The minimum Gasteiger partial charge on any atom is -0.486 e. The smallest absolute Gasteiger partial charge is 0.251 e. The van der Waals surface area contributed by atoms with Gasteiger partial charge in [-0.3, -0.25) is 4.79 Å². The maximum Gasteiger partial charge on any atom is 0.251 e. The van der Waals surface area contributed by atoms with Crippen molar-refractivity contribution in [3.05, 3.63) is 18.2 Å². The van der Waals surface area contributed by atoms with Gasteiger partial charge < -0.3 is 14.4 Å². The Morgan fingerprint density at radius 3 is 2.64 bits per heavy atom. The molecule has 0 aliphatic carbocycles. The molecule has 2 saturated heterocycles. The molecule has 0 aromatic heterocycles. The third-order valence-electron chi connectivity index (χ3n) is 5.41. The zero-order valence-corrected chi connectivity index (χ0v) is 17.6. The number of nitrogens with zero attached hydrogens (tertiary/aromatic N) is 2. The van der Waals surface area contributed by atoms with E-state index in [1.807, 2.05) is 36.9 Å². The van der Waals surface area contributed by atoms with Crippen molar-refractivity contribution in [1.29, 1.82) is 0 Å². The van der Waals surface area contributed by atoms with Gasteiger partial charge in [-0.1, -0.05) is 25.6 Å². The first-order chi connectivity index (χ1) is 13.4. The highest BCUT2D eigenvalue weighted by atomic mass is 32.2. The number of rotatable bonds is 4. The molecule has 0 spiro atoms. The van der Waals surface area contributed by atoms with Gasteiger partial charge in [-0.15, -0.1) is 0 Å². The number of carbonyl (C=O) groups excluding carboxylic acids is 1. The van der Waals surface area contributed by atoms with Gasteiger partial charge in [0.15, 0.2) is 26.5 Å². The van der Waals surface area contributed by atoms with Gasteiger partial charge in [0, 0.05) is 22.9 Å². The minimum absolute atomic E-state index is 0.0668. The van der Waals surface area contributed by atoms with Crippen molar-refractivity contribution in [3.8, 4) is 11.5 Å². The average Bonchev–Trinajstić information content (AvgIpc) is 3.13. The number of hydrogen-bond donors (Lipinski definition) is 0. The fraction of sp³-hybridized carbons (Fsp3) is 0.579. The summed E-state index contributed by atoms with van der Waals surface area (Å²) in [6.45, 7) is 4.94. The van der Waals surface area contributed by atoms with E-state index in [1.165, 1.54) is 11.8 Å². The van der Waals surface area contributed by atoms with Crippen molar-refractivity contribution in [2.24, 2.45) is 10.9 Å². The predicted octanol–water partition coefficient (Wildman–Crippen LogP) is 2.50. The largest absolute Gasteiger partial charge is 0.486 e.